The molecular formula is C14H24N2O3S. The minimum Gasteiger partial charge on any atom is -0.481 e. The van der Waals surface area contributed by atoms with Crippen LogP contribution in [0.15, 0.2) is 0 Å². The van der Waals surface area contributed by atoms with E-state index in [1.54, 1.807) is 0 Å². The predicted octanol–water partition coefficient (Wildman–Crippen LogP) is 2.21. The van der Waals surface area contributed by atoms with Gasteiger partial charge in [-0.25, -0.2) is 4.79 Å². The molecule has 0 aromatic carbocycles. The number of hydrogen-bond acceptors (Lipinski definition) is 3. The summed E-state index contributed by atoms with van der Waals surface area (Å²) in [5.41, 5.74) is 0. The van der Waals surface area contributed by atoms with Crippen molar-refractivity contribution in [1.29, 1.82) is 0 Å². The van der Waals surface area contributed by atoms with Crippen LogP contribution in [-0.4, -0.2) is 40.2 Å². The molecule has 0 aromatic heterocycles. The second kappa shape index (κ2) is 7.20. The van der Waals surface area contributed by atoms with Crippen molar-refractivity contribution in [3.05, 3.63) is 0 Å². The van der Waals surface area contributed by atoms with Gasteiger partial charge in [-0.2, -0.15) is 11.8 Å². The fourth-order valence-corrected chi connectivity index (χ4v) is 4.51. The second-order valence-corrected chi connectivity index (χ2v) is 7.15. The molecule has 4 unspecified atom stereocenters. The van der Waals surface area contributed by atoms with E-state index in [4.69, 9.17) is 5.11 Å². The van der Waals surface area contributed by atoms with Crippen LogP contribution in [0.4, 0.5) is 4.79 Å². The van der Waals surface area contributed by atoms with Crippen molar-refractivity contribution >= 4 is 23.8 Å². The van der Waals surface area contributed by atoms with Crippen molar-refractivity contribution in [1.82, 2.24) is 10.6 Å². The van der Waals surface area contributed by atoms with Crippen LogP contribution in [0.3, 0.4) is 0 Å². The number of carbonyl (C=O) groups is 2. The number of carbonyl (C=O) groups excluding carboxylic acids is 1. The van der Waals surface area contributed by atoms with Gasteiger partial charge in [0.2, 0.25) is 0 Å². The van der Waals surface area contributed by atoms with E-state index in [1.165, 1.54) is 0 Å². The molecule has 0 radical (unpaired) electrons. The number of thioether (sulfide) groups is 1. The summed E-state index contributed by atoms with van der Waals surface area (Å²) in [6.07, 6.45) is 5.65. The molecule has 2 rings (SSSR count). The van der Waals surface area contributed by atoms with Gasteiger partial charge in [-0.1, -0.05) is 19.8 Å². The summed E-state index contributed by atoms with van der Waals surface area (Å²) in [5.74, 6) is -0.160. The van der Waals surface area contributed by atoms with Crippen LogP contribution >= 0.6 is 11.8 Å². The van der Waals surface area contributed by atoms with Crippen molar-refractivity contribution in [2.24, 2.45) is 5.92 Å². The first-order chi connectivity index (χ1) is 9.61. The van der Waals surface area contributed by atoms with E-state index < -0.39 is 11.9 Å². The maximum atomic E-state index is 12.0. The molecule has 5 nitrogen and oxygen atoms in total. The Kier molecular flexibility index (Phi) is 5.57. The second-order valence-electron chi connectivity index (χ2n) is 5.63. The fraction of sp³-hybridized carbons (Fsp3) is 0.857. The number of urea groups is 1. The van der Waals surface area contributed by atoms with Crippen LogP contribution in [0.2, 0.25) is 0 Å². The molecule has 2 saturated carbocycles. The number of rotatable bonds is 5. The smallest absolute Gasteiger partial charge is 0.315 e. The first-order valence-electron chi connectivity index (χ1n) is 7.53. The van der Waals surface area contributed by atoms with Gasteiger partial charge in [-0.15, -0.1) is 0 Å². The van der Waals surface area contributed by atoms with Crippen LogP contribution in [0.5, 0.6) is 0 Å². The maximum absolute atomic E-state index is 12.0. The lowest BCUT2D eigenvalue weighted by Gasteiger charge is -2.23. The summed E-state index contributed by atoms with van der Waals surface area (Å²) < 4.78 is 0. The van der Waals surface area contributed by atoms with Gasteiger partial charge < -0.3 is 15.7 Å². The zero-order chi connectivity index (χ0) is 14.5. The Hall–Kier alpha value is -0.910. The van der Waals surface area contributed by atoms with Gasteiger partial charge in [0.1, 0.15) is 0 Å². The summed E-state index contributed by atoms with van der Waals surface area (Å²) in [5, 5.41) is 15.5. The molecule has 0 spiro atoms. The van der Waals surface area contributed by atoms with Gasteiger partial charge >= 0.3 is 12.0 Å². The Bertz CT molecular complexity index is 364. The summed E-state index contributed by atoms with van der Waals surface area (Å²) in [6, 6.07) is -0.187. The van der Waals surface area contributed by atoms with Crippen molar-refractivity contribution in [2.75, 3.05) is 5.75 Å². The zero-order valence-corrected chi connectivity index (χ0v) is 12.7. The van der Waals surface area contributed by atoms with Gasteiger partial charge in [0, 0.05) is 17.3 Å². The molecule has 2 aliphatic rings. The average molecular weight is 300 g/mol. The first-order valence-corrected chi connectivity index (χ1v) is 8.58. The van der Waals surface area contributed by atoms with Gasteiger partial charge in [-0.3, -0.25) is 4.79 Å². The van der Waals surface area contributed by atoms with Crippen molar-refractivity contribution in [3.8, 4) is 0 Å². The number of carboxylic acid groups (broad SMARTS) is 1. The van der Waals surface area contributed by atoms with E-state index in [0.717, 1.165) is 37.9 Å². The van der Waals surface area contributed by atoms with Crippen LogP contribution in [-0.2, 0) is 4.79 Å². The quantitative estimate of drug-likeness (QED) is 0.727. The maximum Gasteiger partial charge on any atom is 0.315 e. The molecule has 2 aliphatic carbocycles. The Morgan fingerprint density at radius 3 is 2.45 bits per heavy atom. The Morgan fingerprint density at radius 1 is 1.10 bits per heavy atom. The largest absolute Gasteiger partial charge is 0.481 e. The minimum absolute atomic E-state index is 0.197. The van der Waals surface area contributed by atoms with E-state index >= 15 is 0 Å². The fourth-order valence-electron chi connectivity index (χ4n) is 3.31. The number of nitrogens with one attached hydrogen (secondary N) is 2. The topological polar surface area (TPSA) is 78.4 Å². The molecule has 0 aromatic rings. The van der Waals surface area contributed by atoms with E-state index in [0.29, 0.717) is 11.7 Å². The Labute approximate surface area is 124 Å². The molecule has 3 N–H and O–H groups in total. The third-order valence-electron chi connectivity index (χ3n) is 4.30. The summed E-state index contributed by atoms with van der Waals surface area (Å²) in [4.78, 5) is 23.1. The summed E-state index contributed by atoms with van der Waals surface area (Å²) in [6.45, 7) is 2.14. The van der Waals surface area contributed by atoms with Crippen LogP contribution in [0.25, 0.3) is 0 Å². The molecule has 0 heterocycles. The third kappa shape index (κ3) is 3.81. The highest BCUT2D eigenvalue weighted by Crippen LogP contribution is 2.30. The number of amides is 2. The monoisotopic (exact) mass is 300 g/mol. The van der Waals surface area contributed by atoms with Crippen LogP contribution < -0.4 is 10.6 Å². The lowest BCUT2D eigenvalue weighted by atomic mass is 10.0. The molecule has 6 heteroatoms. The molecule has 2 amide bonds. The molecule has 0 saturated heterocycles. The predicted molar refractivity (Wildman–Crippen MR) is 80.0 cm³/mol. The number of hydrogen-bond donors (Lipinski definition) is 3. The van der Waals surface area contributed by atoms with Crippen molar-refractivity contribution in [2.45, 2.75) is 62.8 Å². The number of carboxylic acids is 1. The number of aliphatic carboxylic acids is 1. The Balaban J connectivity index is 1.81. The SMILES string of the molecule is CCSC1CCCC1NC(=O)NC1CCCC1C(=O)O. The van der Waals surface area contributed by atoms with E-state index in [-0.39, 0.29) is 18.1 Å². The minimum atomic E-state index is -0.798. The highest BCUT2D eigenvalue weighted by atomic mass is 32.2. The van der Waals surface area contributed by atoms with Gasteiger partial charge in [0.25, 0.3) is 0 Å². The van der Waals surface area contributed by atoms with E-state index in [9.17, 15) is 9.59 Å². The molecular weight excluding hydrogens is 276 g/mol. The highest BCUT2D eigenvalue weighted by molar-refractivity contribution is 7.99. The third-order valence-corrected chi connectivity index (χ3v) is 5.63. The van der Waals surface area contributed by atoms with E-state index in [2.05, 4.69) is 17.6 Å². The van der Waals surface area contributed by atoms with Crippen LogP contribution in [0, 0.1) is 5.92 Å². The lowest BCUT2D eigenvalue weighted by molar-refractivity contribution is -0.142. The Morgan fingerprint density at radius 2 is 1.75 bits per heavy atom. The standard InChI is InChI=1S/C14H24N2O3S/c1-2-20-12-8-4-7-11(12)16-14(19)15-10-6-3-5-9(10)13(17)18/h9-12H,2-8H2,1H3,(H,17,18)(H2,15,16,19). The van der Waals surface area contributed by atoms with Gasteiger partial charge in [0.15, 0.2) is 0 Å². The average Bonchev–Trinajstić information content (AvgIpc) is 3.00. The van der Waals surface area contributed by atoms with E-state index in [1.807, 2.05) is 11.8 Å². The summed E-state index contributed by atoms with van der Waals surface area (Å²) in [7, 11) is 0. The molecule has 20 heavy (non-hydrogen) atoms. The van der Waals surface area contributed by atoms with Crippen molar-refractivity contribution in [3.63, 3.8) is 0 Å². The highest BCUT2D eigenvalue weighted by Gasteiger charge is 2.35. The lowest BCUT2D eigenvalue weighted by Crippen LogP contribution is -2.49. The molecule has 2 fully saturated rings. The molecule has 4 atom stereocenters. The molecule has 114 valence electrons. The normalized spacial score (nSPS) is 33.0. The zero-order valence-electron chi connectivity index (χ0n) is 11.9. The van der Waals surface area contributed by atoms with Crippen LogP contribution in [0.1, 0.15) is 45.4 Å². The van der Waals surface area contributed by atoms with Crippen molar-refractivity contribution < 1.29 is 14.7 Å². The molecule has 0 aliphatic heterocycles. The van der Waals surface area contributed by atoms with Gasteiger partial charge in [0.05, 0.1) is 5.92 Å². The van der Waals surface area contributed by atoms with Gasteiger partial charge in [-0.05, 0) is 31.4 Å². The molecule has 0 bridgehead atoms. The first kappa shape index (κ1) is 15.5. The summed E-state index contributed by atoms with van der Waals surface area (Å²) >= 11 is 1.90.